The van der Waals surface area contributed by atoms with Gasteiger partial charge in [0, 0.05) is 8.95 Å². The number of benzene rings is 2. The van der Waals surface area contributed by atoms with Crippen LogP contribution in [-0.4, -0.2) is 0 Å². The predicted molar refractivity (Wildman–Crippen MR) is 71.1 cm³/mol. The van der Waals surface area contributed by atoms with E-state index in [1.54, 1.807) is 0 Å². The van der Waals surface area contributed by atoms with Crippen LogP contribution in [0.1, 0.15) is 11.1 Å². The van der Waals surface area contributed by atoms with Crippen LogP contribution in [0.2, 0.25) is 0 Å². The van der Waals surface area contributed by atoms with Crippen LogP contribution in [0.5, 0.6) is 0 Å². The van der Waals surface area contributed by atoms with Gasteiger partial charge in [-0.2, -0.15) is 0 Å². The number of rotatable bonds is 2. The average molecular weight is 326 g/mol. The number of hydrogen-bond acceptors (Lipinski definition) is 0. The molecule has 0 amide bonds. The van der Waals surface area contributed by atoms with Crippen molar-refractivity contribution in [3.8, 4) is 0 Å². The molecule has 0 fully saturated rings. The normalized spacial score (nSPS) is 10.3. The Kier molecular flexibility index (Phi) is 3.60. The Balaban J connectivity index is 2.26. The molecule has 0 saturated heterocycles. The largest absolute Gasteiger partial charge is 0.0619 e. The molecule has 0 nitrogen and oxygen atoms in total. The molecule has 0 radical (unpaired) electrons. The summed E-state index contributed by atoms with van der Waals surface area (Å²) in [5.74, 6) is 0. The van der Waals surface area contributed by atoms with E-state index in [2.05, 4.69) is 68.3 Å². The highest BCUT2D eigenvalue weighted by atomic mass is 79.9. The highest BCUT2D eigenvalue weighted by Gasteiger charge is 2.00. The molecule has 0 unspecified atom stereocenters. The Labute approximate surface area is 107 Å². The van der Waals surface area contributed by atoms with Crippen molar-refractivity contribution in [2.75, 3.05) is 0 Å². The Bertz CT molecular complexity index is 464. The zero-order valence-electron chi connectivity index (χ0n) is 8.08. The first-order chi connectivity index (χ1) is 7.25. The van der Waals surface area contributed by atoms with Gasteiger partial charge in [-0.3, -0.25) is 0 Å². The van der Waals surface area contributed by atoms with Crippen LogP contribution in [0.15, 0.2) is 57.5 Å². The van der Waals surface area contributed by atoms with Gasteiger partial charge in [0.15, 0.2) is 0 Å². The molecule has 0 aromatic heterocycles. The summed E-state index contributed by atoms with van der Waals surface area (Å²) in [7, 11) is 0. The fourth-order valence-electron chi connectivity index (χ4n) is 1.51. The molecular weight excluding hydrogens is 316 g/mol. The van der Waals surface area contributed by atoms with Gasteiger partial charge in [0.05, 0.1) is 0 Å². The van der Waals surface area contributed by atoms with Crippen molar-refractivity contribution in [1.29, 1.82) is 0 Å². The summed E-state index contributed by atoms with van der Waals surface area (Å²) in [6, 6.07) is 16.7. The van der Waals surface area contributed by atoms with E-state index in [0.717, 1.165) is 10.9 Å². The maximum absolute atomic E-state index is 3.56. The summed E-state index contributed by atoms with van der Waals surface area (Å²) in [5, 5.41) is 0. The molecule has 2 heteroatoms. The summed E-state index contributed by atoms with van der Waals surface area (Å²) >= 11 is 7.04. The van der Waals surface area contributed by atoms with E-state index < -0.39 is 0 Å². The van der Waals surface area contributed by atoms with E-state index >= 15 is 0 Å². The minimum atomic E-state index is 0.959. The van der Waals surface area contributed by atoms with Crippen molar-refractivity contribution in [3.63, 3.8) is 0 Å². The topological polar surface area (TPSA) is 0 Å². The van der Waals surface area contributed by atoms with Gasteiger partial charge in [-0.25, -0.2) is 0 Å². The Morgan fingerprint density at radius 2 is 1.67 bits per heavy atom. The summed E-state index contributed by atoms with van der Waals surface area (Å²) in [4.78, 5) is 0. The second kappa shape index (κ2) is 4.95. The van der Waals surface area contributed by atoms with Gasteiger partial charge in [0.2, 0.25) is 0 Å². The van der Waals surface area contributed by atoms with Crippen LogP contribution in [-0.2, 0) is 6.42 Å². The first-order valence-electron chi connectivity index (χ1n) is 4.73. The molecular formula is C13H10Br2. The lowest BCUT2D eigenvalue weighted by atomic mass is 10.1. The monoisotopic (exact) mass is 324 g/mol. The highest BCUT2D eigenvalue weighted by molar-refractivity contribution is 9.10. The molecule has 2 rings (SSSR count). The SMILES string of the molecule is Brc1cccc(Cc2ccccc2Br)c1. The van der Waals surface area contributed by atoms with Gasteiger partial charge >= 0.3 is 0 Å². The third kappa shape index (κ3) is 2.93. The van der Waals surface area contributed by atoms with Crippen LogP contribution < -0.4 is 0 Å². The quantitative estimate of drug-likeness (QED) is 0.743. The Hall–Kier alpha value is -0.600. The molecule has 0 N–H and O–H groups in total. The van der Waals surface area contributed by atoms with Gasteiger partial charge < -0.3 is 0 Å². The summed E-state index contributed by atoms with van der Waals surface area (Å²) < 4.78 is 2.30. The Morgan fingerprint density at radius 3 is 2.40 bits per heavy atom. The van der Waals surface area contributed by atoms with Crippen molar-refractivity contribution < 1.29 is 0 Å². The van der Waals surface area contributed by atoms with Crippen molar-refractivity contribution in [1.82, 2.24) is 0 Å². The fourth-order valence-corrected chi connectivity index (χ4v) is 2.38. The van der Waals surface area contributed by atoms with Gasteiger partial charge in [0.1, 0.15) is 0 Å². The zero-order chi connectivity index (χ0) is 10.7. The van der Waals surface area contributed by atoms with Gasteiger partial charge in [-0.15, -0.1) is 0 Å². The molecule has 76 valence electrons. The first-order valence-corrected chi connectivity index (χ1v) is 6.32. The smallest absolute Gasteiger partial charge is 0.0210 e. The van der Waals surface area contributed by atoms with E-state index in [4.69, 9.17) is 0 Å². The number of halogens is 2. The maximum Gasteiger partial charge on any atom is 0.0210 e. The van der Waals surface area contributed by atoms with Gasteiger partial charge in [-0.1, -0.05) is 62.2 Å². The minimum absolute atomic E-state index is 0.959. The lowest BCUT2D eigenvalue weighted by molar-refractivity contribution is 1.18. The zero-order valence-corrected chi connectivity index (χ0v) is 11.3. The highest BCUT2D eigenvalue weighted by Crippen LogP contribution is 2.21. The molecule has 0 atom stereocenters. The molecule has 2 aromatic carbocycles. The van der Waals surface area contributed by atoms with E-state index in [-0.39, 0.29) is 0 Å². The van der Waals surface area contributed by atoms with Crippen molar-refractivity contribution in [2.45, 2.75) is 6.42 Å². The molecule has 15 heavy (non-hydrogen) atoms. The Morgan fingerprint density at radius 1 is 0.867 bits per heavy atom. The third-order valence-corrected chi connectivity index (χ3v) is 3.51. The van der Waals surface area contributed by atoms with E-state index in [1.807, 2.05) is 12.1 Å². The molecule has 0 spiro atoms. The molecule has 0 saturated carbocycles. The number of hydrogen-bond donors (Lipinski definition) is 0. The van der Waals surface area contributed by atoms with Crippen LogP contribution in [0.25, 0.3) is 0 Å². The van der Waals surface area contributed by atoms with E-state index in [1.165, 1.54) is 15.6 Å². The molecule has 0 bridgehead atoms. The van der Waals surface area contributed by atoms with E-state index in [9.17, 15) is 0 Å². The first kappa shape index (κ1) is 10.9. The fraction of sp³-hybridized carbons (Fsp3) is 0.0769. The minimum Gasteiger partial charge on any atom is -0.0619 e. The standard InChI is InChI=1S/C13H10Br2/c14-12-6-3-4-10(9-12)8-11-5-1-2-7-13(11)15/h1-7,9H,8H2. The lowest BCUT2D eigenvalue weighted by Gasteiger charge is -2.04. The second-order valence-corrected chi connectivity index (χ2v) is 5.17. The molecule has 0 heterocycles. The third-order valence-electron chi connectivity index (χ3n) is 2.24. The summed E-state index contributed by atoms with van der Waals surface area (Å²) in [6.45, 7) is 0. The van der Waals surface area contributed by atoms with Crippen LogP contribution in [0, 0.1) is 0 Å². The summed E-state index contributed by atoms with van der Waals surface area (Å²) in [6.07, 6.45) is 0.959. The van der Waals surface area contributed by atoms with Crippen LogP contribution in [0.4, 0.5) is 0 Å². The maximum atomic E-state index is 3.56. The predicted octanol–water partition coefficient (Wildman–Crippen LogP) is 4.80. The van der Waals surface area contributed by atoms with Crippen LogP contribution in [0.3, 0.4) is 0 Å². The van der Waals surface area contributed by atoms with Crippen molar-refractivity contribution in [3.05, 3.63) is 68.6 Å². The van der Waals surface area contributed by atoms with Crippen LogP contribution >= 0.6 is 31.9 Å². The molecule has 0 aliphatic rings. The molecule has 2 aromatic rings. The van der Waals surface area contributed by atoms with Crippen molar-refractivity contribution in [2.24, 2.45) is 0 Å². The molecule has 0 aliphatic carbocycles. The van der Waals surface area contributed by atoms with E-state index in [0.29, 0.717) is 0 Å². The van der Waals surface area contributed by atoms with Gasteiger partial charge in [0.25, 0.3) is 0 Å². The second-order valence-electron chi connectivity index (χ2n) is 3.40. The van der Waals surface area contributed by atoms with Crippen molar-refractivity contribution >= 4 is 31.9 Å². The average Bonchev–Trinajstić information content (AvgIpc) is 2.22. The summed E-state index contributed by atoms with van der Waals surface area (Å²) in [5.41, 5.74) is 2.63. The molecule has 0 aliphatic heterocycles. The lowest BCUT2D eigenvalue weighted by Crippen LogP contribution is -1.88. The van der Waals surface area contributed by atoms with Gasteiger partial charge in [-0.05, 0) is 35.7 Å².